The average molecular weight is 410 g/mol. The molecule has 0 radical (unpaired) electrons. The van der Waals surface area contributed by atoms with Crippen LogP contribution in [0.5, 0.6) is 11.6 Å². The third kappa shape index (κ3) is 5.10. The highest BCUT2D eigenvalue weighted by atomic mass is 32.1. The Bertz CT molecular complexity index is 947. The number of aromatic nitrogens is 2. The van der Waals surface area contributed by atoms with Crippen LogP contribution in [0.3, 0.4) is 0 Å². The zero-order chi connectivity index (χ0) is 20.1. The molecule has 0 bridgehead atoms. The molecule has 0 aliphatic rings. The van der Waals surface area contributed by atoms with Crippen LogP contribution in [0.15, 0.2) is 48.1 Å². The van der Waals surface area contributed by atoms with Gasteiger partial charge < -0.3 is 14.8 Å². The molecule has 2 N–H and O–H groups in total. The third-order valence-electron chi connectivity index (χ3n) is 3.39. The van der Waals surface area contributed by atoms with Crippen LogP contribution in [0.25, 0.3) is 11.1 Å². The number of carbonyl (C=O) groups is 1. The number of halogens is 3. The van der Waals surface area contributed by atoms with Crippen LogP contribution in [-0.2, 0) is 0 Å². The van der Waals surface area contributed by atoms with E-state index in [1.54, 1.807) is 17.5 Å². The molecule has 0 unspecified atom stereocenters. The van der Waals surface area contributed by atoms with Gasteiger partial charge in [-0.1, -0.05) is 6.07 Å². The summed E-state index contributed by atoms with van der Waals surface area (Å²) in [5.74, 6) is -0.158. The number of hydrogen-bond donors (Lipinski definition) is 2. The van der Waals surface area contributed by atoms with Gasteiger partial charge in [0.25, 0.3) is 0 Å². The molecule has 1 aromatic carbocycles. The highest BCUT2D eigenvalue weighted by molar-refractivity contribution is 7.13. The van der Waals surface area contributed by atoms with Gasteiger partial charge in [0.15, 0.2) is 10.9 Å². The number of nitrogens with zero attached hydrogens (tertiary/aromatic N) is 2. The Hall–Kier alpha value is -3.34. The van der Waals surface area contributed by atoms with E-state index in [-0.39, 0.29) is 5.69 Å². The monoisotopic (exact) mass is 410 g/mol. The van der Waals surface area contributed by atoms with Crippen molar-refractivity contribution in [2.45, 2.75) is 6.36 Å². The Morgan fingerprint density at radius 3 is 2.50 bits per heavy atom. The van der Waals surface area contributed by atoms with Crippen LogP contribution in [0, 0.1) is 0 Å². The second-order valence-electron chi connectivity index (χ2n) is 5.26. The van der Waals surface area contributed by atoms with E-state index in [1.807, 2.05) is 0 Å². The van der Waals surface area contributed by atoms with Gasteiger partial charge in [0.05, 0.1) is 12.8 Å². The highest BCUT2D eigenvalue weighted by Gasteiger charge is 2.32. The molecular weight excluding hydrogens is 397 g/mol. The number of anilines is 2. The van der Waals surface area contributed by atoms with Crippen molar-refractivity contribution in [1.82, 2.24) is 9.97 Å². The molecule has 146 valence electrons. The van der Waals surface area contributed by atoms with Crippen LogP contribution >= 0.6 is 11.3 Å². The summed E-state index contributed by atoms with van der Waals surface area (Å²) in [6.45, 7) is 0. The Morgan fingerprint density at radius 1 is 1.11 bits per heavy atom. The zero-order valence-corrected chi connectivity index (χ0v) is 15.1. The molecule has 0 atom stereocenters. The van der Waals surface area contributed by atoms with Gasteiger partial charge in [-0.2, -0.15) is 0 Å². The molecule has 0 fully saturated rings. The van der Waals surface area contributed by atoms with Gasteiger partial charge in [0, 0.05) is 29.4 Å². The van der Waals surface area contributed by atoms with Gasteiger partial charge >= 0.3 is 12.4 Å². The number of benzene rings is 1. The number of hydrogen-bond acceptors (Lipinski definition) is 6. The molecule has 0 aliphatic carbocycles. The molecule has 0 spiro atoms. The van der Waals surface area contributed by atoms with E-state index in [0.717, 1.165) is 6.07 Å². The van der Waals surface area contributed by atoms with Crippen LogP contribution in [0.1, 0.15) is 0 Å². The number of alkyl halides is 3. The van der Waals surface area contributed by atoms with Crippen molar-refractivity contribution in [3.63, 3.8) is 0 Å². The van der Waals surface area contributed by atoms with Crippen molar-refractivity contribution in [1.29, 1.82) is 0 Å². The topological polar surface area (TPSA) is 85.4 Å². The maximum absolute atomic E-state index is 12.7. The molecule has 0 saturated heterocycles. The lowest BCUT2D eigenvalue weighted by Crippen LogP contribution is -2.22. The number of methoxy groups -OCH3 is 1. The highest BCUT2D eigenvalue weighted by Crippen LogP contribution is 2.34. The maximum atomic E-state index is 12.7. The predicted octanol–water partition coefficient (Wildman–Crippen LogP) is 4.76. The van der Waals surface area contributed by atoms with Gasteiger partial charge in [-0.3, -0.25) is 5.32 Å². The van der Waals surface area contributed by atoms with Crippen molar-refractivity contribution < 1.29 is 27.4 Å². The van der Waals surface area contributed by atoms with E-state index in [1.165, 1.54) is 43.0 Å². The molecule has 0 saturated carbocycles. The molecule has 28 heavy (non-hydrogen) atoms. The first kappa shape index (κ1) is 19.4. The smallest absolute Gasteiger partial charge is 0.481 e. The minimum absolute atomic E-state index is 0.167. The molecule has 11 heteroatoms. The summed E-state index contributed by atoms with van der Waals surface area (Å²) in [5, 5.41) is 6.72. The van der Waals surface area contributed by atoms with E-state index in [0.29, 0.717) is 22.1 Å². The predicted molar refractivity (Wildman–Crippen MR) is 97.7 cm³/mol. The number of amides is 2. The zero-order valence-electron chi connectivity index (χ0n) is 14.3. The lowest BCUT2D eigenvalue weighted by atomic mass is 10.1. The number of nitrogens with one attached hydrogen (secondary N) is 2. The first-order valence-electron chi connectivity index (χ1n) is 7.72. The molecule has 2 amide bonds. The number of pyridine rings is 1. The summed E-state index contributed by atoms with van der Waals surface area (Å²) in [7, 11) is 1.47. The van der Waals surface area contributed by atoms with Gasteiger partial charge in [0.2, 0.25) is 5.88 Å². The molecule has 3 aromatic rings. The van der Waals surface area contributed by atoms with Crippen molar-refractivity contribution in [2.24, 2.45) is 0 Å². The Morgan fingerprint density at radius 2 is 1.89 bits per heavy atom. The molecule has 2 heterocycles. The van der Waals surface area contributed by atoms with Gasteiger partial charge in [-0.15, -0.1) is 24.5 Å². The standard InChI is InChI=1S/C17H13F3N4O3S/c1-26-14-5-3-11(9-22-14)10-2-4-13(27-17(18,19)20)12(8-10)23-15(25)24-16-21-6-7-28-16/h2-9H,1H3,(H2,21,23,24,25). The van der Waals surface area contributed by atoms with Crippen LogP contribution in [-0.4, -0.2) is 29.5 Å². The van der Waals surface area contributed by atoms with E-state index in [4.69, 9.17) is 4.74 Å². The largest absolute Gasteiger partial charge is 0.573 e. The van der Waals surface area contributed by atoms with Crippen LogP contribution in [0.4, 0.5) is 28.8 Å². The third-order valence-corrected chi connectivity index (χ3v) is 4.07. The van der Waals surface area contributed by atoms with Gasteiger partial charge in [-0.25, -0.2) is 14.8 Å². The van der Waals surface area contributed by atoms with Crippen LogP contribution < -0.4 is 20.1 Å². The fourth-order valence-electron chi connectivity index (χ4n) is 2.23. The van der Waals surface area contributed by atoms with Crippen molar-refractivity contribution in [3.05, 3.63) is 48.1 Å². The lowest BCUT2D eigenvalue weighted by molar-refractivity contribution is -0.274. The van der Waals surface area contributed by atoms with Gasteiger partial charge in [0.1, 0.15) is 0 Å². The summed E-state index contributed by atoms with van der Waals surface area (Å²) < 4.78 is 47.0. The Labute approximate surface area is 161 Å². The fourth-order valence-corrected chi connectivity index (χ4v) is 2.75. The van der Waals surface area contributed by atoms with E-state index >= 15 is 0 Å². The van der Waals surface area contributed by atoms with Crippen molar-refractivity contribution in [2.75, 3.05) is 17.7 Å². The second-order valence-corrected chi connectivity index (χ2v) is 6.16. The van der Waals surface area contributed by atoms with Gasteiger partial charge in [-0.05, 0) is 23.8 Å². The van der Waals surface area contributed by atoms with E-state index in [9.17, 15) is 18.0 Å². The normalized spacial score (nSPS) is 11.0. The molecule has 7 nitrogen and oxygen atoms in total. The molecule has 0 aliphatic heterocycles. The minimum atomic E-state index is -4.91. The van der Waals surface area contributed by atoms with Crippen molar-refractivity contribution >= 4 is 28.2 Å². The SMILES string of the molecule is COc1ccc(-c2ccc(OC(F)(F)F)c(NC(=O)Nc3nccs3)c2)cn1. The summed E-state index contributed by atoms with van der Waals surface area (Å²) in [5.41, 5.74) is 0.969. The fraction of sp³-hybridized carbons (Fsp3) is 0.118. The Kier molecular flexibility index (Phi) is 5.64. The quantitative estimate of drug-likeness (QED) is 0.634. The molecule has 3 rings (SSSR count). The van der Waals surface area contributed by atoms with E-state index < -0.39 is 18.1 Å². The van der Waals surface area contributed by atoms with Crippen LogP contribution in [0.2, 0.25) is 0 Å². The average Bonchev–Trinajstić information content (AvgIpc) is 3.15. The first-order valence-corrected chi connectivity index (χ1v) is 8.60. The number of thiazole rings is 1. The lowest BCUT2D eigenvalue weighted by Gasteiger charge is -2.15. The summed E-state index contributed by atoms with van der Waals surface area (Å²) >= 11 is 1.17. The number of urea groups is 1. The van der Waals surface area contributed by atoms with E-state index in [2.05, 4.69) is 25.3 Å². The second kappa shape index (κ2) is 8.13. The number of carbonyl (C=O) groups excluding carboxylic acids is 1. The minimum Gasteiger partial charge on any atom is -0.481 e. The Balaban J connectivity index is 1.89. The first-order chi connectivity index (χ1) is 13.3. The summed E-state index contributed by atoms with van der Waals surface area (Å²) in [4.78, 5) is 20.0. The number of ether oxygens (including phenoxy) is 2. The summed E-state index contributed by atoms with van der Waals surface area (Å²) in [6.07, 6.45) is -1.93. The molecule has 2 aromatic heterocycles. The molecular formula is C17H13F3N4O3S. The number of rotatable bonds is 5. The summed E-state index contributed by atoms with van der Waals surface area (Å²) in [6, 6.07) is 6.43. The maximum Gasteiger partial charge on any atom is 0.573 e. The van der Waals surface area contributed by atoms with Crippen molar-refractivity contribution in [3.8, 4) is 22.8 Å².